The van der Waals surface area contributed by atoms with E-state index in [0.29, 0.717) is 0 Å². The average Bonchev–Trinajstić information content (AvgIpc) is 3.94. The van der Waals surface area contributed by atoms with Crippen LogP contribution in [0.3, 0.4) is 0 Å². The second-order valence-electron chi connectivity index (χ2n) is 14.4. The predicted octanol–water partition coefficient (Wildman–Crippen LogP) is 14.9. The van der Waals surface area contributed by atoms with Crippen molar-refractivity contribution in [1.29, 1.82) is 0 Å². The van der Waals surface area contributed by atoms with Gasteiger partial charge in [-0.3, -0.25) is 0 Å². The highest BCUT2D eigenvalue weighted by atomic mass is 16.3. The minimum atomic E-state index is 0.837. The minimum Gasteiger partial charge on any atom is -0.455 e. The van der Waals surface area contributed by atoms with Crippen LogP contribution in [0.5, 0.6) is 0 Å². The molecule has 0 atom stereocenters. The van der Waals surface area contributed by atoms with Crippen LogP contribution >= 0.6 is 0 Å². The number of aromatic nitrogens is 1. The number of hydrogen-bond donors (Lipinski definition) is 0. The Morgan fingerprint density at radius 2 is 0.946 bits per heavy atom. The largest absolute Gasteiger partial charge is 0.455 e. The van der Waals surface area contributed by atoms with E-state index in [1.807, 2.05) is 6.07 Å². The van der Waals surface area contributed by atoms with E-state index in [9.17, 15) is 0 Å². The van der Waals surface area contributed by atoms with Crippen LogP contribution in [0.15, 0.2) is 203 Å². The Labute approximate surface area is 321 Å². The van der Waals surface area contributed by atoms with Crippen molar-refractivity contribution >= 4 is 93.5 Å². The average molecular weight is 717 g/mol. The summed E-state index contributed by atoms with van der Waals surface area (Å²) in [5.74, 6) is 0. The summed E-state index contributed by atoms with van der Waals surface area (Å²) in [5.41, 5.74) is 12.1. The molecule has 4 nitrogen and oxygen atoms in total. The van der Waals surface area contributed by atoms with Crippen molar-refractivity contribution in [3.8, 4) is 16.8 Å². The van der Waals surface area contributed by atoms with Crippen LogP contribution in [-0.4, -0.2) is 4.57 Å². The molecular weight excluding hydrogens is 685 g/mol. The molecule has 0 N–H and O–H groups in total. The van der Waals surface area contributed by atoms with Gasteiger partial charge in [-0.1, -0.05) is 133 Å². The van der Waals surface area contributed by atoms with E-state index >= 15 is 0 Å². The summed E-state index contributed by atoms with van der Waals surface area (Å²) in [7, 11) is 0. The Bertz CT molecular complexity index is 3460. The third-order valence-corrected chi connectivity index (χ3v) is 11.4. The maximum atomic E-state index is 6.79. The molecule has 262 valence electrons. The molecule has 3 aromatic heterocycles. The lowest BCUT2D eigenvalue weighted by Gasteiger charge is -2.30. The van der Waals surface area contributed by atoms with Crippen LogP contribution in [0.2, 0.25) is 0 Å². The molecule has 0 radical (unpaired) electrons. The maximum Gasteiger partial charge on any atom is 0.159 e. The number of furan rings is 2. The van der Waals surface area contributed by atoms with Gasteiger partial charge in [-0.25, -0.2) is 0 Å². The predicted molar refractivity (Wildman–Crippen MR) is 233 cm³/mol. The van der Waals surface area contributed by atoms with E-state index in [-0.39, 0.29) is 0 Å². The summed E-state index contributed by atoms with van der Waals surface area (Å²) in [6.07, 6.45) is 0. The van der Waals surface area contributed by atoms with Gasteiger partial charge >= 0.3 is 0 Å². The monoisotopic (exact) mass is 716 g/mol. The zero-order chi connectivity index (χ0) is 36.7. The molecule has 0 spiro atoms. The van der Waals surface area contributed by atoms with Gasteiger partial charge in [-0.15, -0.1) is 0 Å². The number of anilines is 3. The van der Waals surface area contributed by atoms with Crippen LogP contribution in [0, 0.1) is 0 Å². The molecule has 0 bridgehead atoms. The molecule has 0 unspecified atom stereocenters. The SMILES string of the molecule is c1ccc(N(c2ccccc2-n2c3ccccc3c3ccccc32)c2cccc3c2oc2ccccc23)c(-c2ccc3oc4c5ccccc5ccc4c3c2)c1. The number of fused-ring (bicyclic) bond motifs is 11. The van der Waals surface area contributed by atoms with Crippen molar-refractivity contribution in [3.63, 3.8) is 0 Å². The third kappa shape index (κ3) is 4.47. The summed E-state index contributed by atoms with van der Waals surface area (Å²) in [6.45, 7) is 0. The van der Waals surface area contributed by atoms with Gasteiger partial charge in [-0.05, 0) is 71.6 Å². The van der Waals surface area contributed by atoms with Gasteiger partial charge in [0.15, 0.2) is 5.58 Å². The zero-order valence-electron chi connectivity index (χ0n) is 30.2. The molecule has 12 rings (SSSR count). The van der Waals surface area contributed by atoms with E-state index in [4.69, 9.17) is 8.83 Å². The fourth-order valence-electron chi connectivity index (χ4n) is 8.91. The van der Waals surface area contributed by atoms with Crippen molar-refractivity contribution in [2.75, 3.05) is 4.90 Å². The standard InChI is InChI=1S/C52H32N2O2/c1-2-16-36-33(14-1)28-30-41-42-32-34(29-31-50(42)55-51(36)41)35-15-3-7-21-43(35)54(48-26-13-20-40-39-19-6-12-27-49(39)56-52(40)48)47-25-11-10-24-46(47)53-44-22-8-4-17-37(44)38-18-5-9-23-45(38)53/h1-32H. The van der Waals surface area contributed by atoms with Crippen molar-refractivity contribution in [3.05, 3.63) is 194 Å². The Hall–Kier alpha value is -7.56. The summed E-state index contributed by atoms with van der Waals surface area (Å²) in [4.78, 5) is 2.39. The lowest BCUT2D eigenvalue weighted by molar-refractivity contribution is 0.669. The Balaban J connectivity index is 1.15. The van der Waals surface area contributed by atoms with Crippen LogP contribution < -0.4 is 4.90 Å². The van der Waals surface area contributed by atoms with E-state index in [1.54, 1.807) is 0 Å². The molecule has 0 fully saturated rings. The molecule has 0 aliphatic heterocycles. The number of benzene rings is 9. The lowest BCUT2D eigenvalue weighted by Crippen LogP contribution is -2.14. The highest BCUT2D eigenvalue weighted by Crippen LogP contribution is 2.48. The quantitative estimate of drug-likeness (QED) is 0.178. The van der Waals surface area contributed by atoms with Crippen molar-refractivity contribution in [2.45, 2.75) is 0 Å². The smallest absolute Gasteiger partial charge is 0.159 e. The van der Waals surface area contributed by atoms with E-state index in [1.165, 1.54) is 16.2 Å². The summed E-state index contributed by atoms with van der Waals surface area (Å²) in [6, 6.07) is 69.0. The van der Waals surface area contributed by atoms with Crippen molar-refractivity contribution in [2.24, 2.45) is 0 Å². The van der Waals surface area contributed by atoms with Gasteiger partial charge in [0.1, 0.15) is 16.7 Å². The van der Waals surface area contributed by atoms with Gasteiger partial charge in [0, 0.05) is 43.3 Å². The van der Waals surface area contributed by atoms with E-state index in [0.717, 1.165) is 94.2 Å². The fraction of sp³-hybridized carbons (Fsp3) is 0. The van der Waals surface area contributed by atoms with Crippen LogP contribution in [-0.2, 0) is 0 Å². The molecule has 0 saturated heterocycles. The number of hydrogen-bond acceptors (Lipinski definition) is 3. The minimum absolute atomic E-state index is 0.837. The Kier molecular flexibility index (Phi) is 6.60. The maximum absolute atomic E-state index is 6.79. The lowest BCUT2D eigenvalue weighted by atomic mass is 9.98. The number of nitrogens with zero attached hydrogens (tertiary/aromatic N) is 2. The highest BCUT2D eigenvalue weighted by Gasteiger charge is 2.26. The zero-order valence-corrected chi connectivity index (χ0v) is 30.2. The van der Waals surface area contributed by atoms with Gasteiger partial charge in [0.05, 0.1) is 33.8 Å². The third-order valence-electron chi connectivity index (χ3n) is 11.4. The molecule has 4 heteroatoms. The molecule has 12 aromatic rings. The summed E-state index contributed by atoms with van der Waals surface area (Å²) < 4.78 is 15.8. The molecule has 3 heterocycles. The topological polar surface area (TPSA) is 34.5 Å². The van der Waals surface area contributed by atoms with Gasteiger partial charge in [0.25, 0.3) is 0 Å². The van der Waals surface area contributed by atoms with Gasteiger partial charge in [-0.2, -0.15) is 0 Å². The fourth-order valence-corrected chi connectivity index (χ4v) is 8.91. The molecule has 56 heavy (non-hydrogen) atoms. The second kappa shape index (κ2) is 12.0. The molecule has 0 aliphatic rings. The summed E-state index contributed by atoms with van der Waals surface area (Å²) >= 11 is 0. The van der Waals surface area contributed by atoms with Gasteiger partial charge < -0.3 is 18.3 Å². The van der Waals surface area contributed by atoms with Crippen LogP contribution in [0.4, 0.5) is 17.1 Å². The molecule has 9 aromatic carbocycles. The first-order valence-electron chi connectivity index (χ1n) is 19.0. The normalized spacial score (nSPS) is 11.9. The Morgan fingerprint density at radius 1 is 0.357 bits per heavy atom. The molecule has 0 saturated carbocycles. The first-order chi connectivity index (χ1) is 27.8. The molecule has 0 aliphatic carbocycles. The second-order valence-corrected chi connectivity index (χ2v) is 14.4. The Morgan fingerprint density at radius 3 is 1.79 bits per heavy atom. The van der Waals surface area contributed by atoms with E-state index < -0.39 is 0 Å². The summed E-state index contributed by atoms with van der Waals surface area (Å²) in [5, 5.41) is 9.10. The first kappa shape index (κ1) is 30.9. The van der Waals surface area contributed by atoms with Crippen LogP contribution in [0.25, 0.3) is 93.3 Å². The highest BCUT2D eigenvalue weighted by molar-refractivity contribution is 6.16. The molecular formula is C52H32N2O2. The first-order valence-corrected chi connectivity index (χ1v) is 19.0. The number of rotatable bonds is 5. The van der Waals surface area contributed by atoms with Gasteiger partial charge in [0.2, 0.25) is 0 Å². The number of para-hydroxylation sites is 7. The molecule has 0 amide bonds. The van der Waals surface area contributed by atoms with Crippen molar-refractivity contribution in [1.82, 2.24) is 4.57 Å². The van der Waals surface area contributed by atoms with Crippen LogP contribution in [0.1, 0.15) is 0 Å². The van der Waals surface area contributed by atoms with E-state index in [2.05, 4.69) is 198 Å². The van der Waals surface area contributed by atoms with Crippen molar-refractivity contribution < 1.29 is 8.83 Å².